The predicted molar refractivity (Wildman–Crippen MR) is 155 cm³/mol. The van der Waals surface area contributed by atoms with Crippen LogP contribution in [0.1, 0.15) is 18.4 Å². The molecule has 31 heavy (non-hydrogen) atoms. The van der Waals surface area contributed by atoms with Gasteiger partial charge in [0.25, 0.3) is 0 Å². The fourth-order valence-electron chi connectivity index (χ4n) is 3.81. The molecular weight excluding hydrogens is 705 g/mol. The van der Waals surface area contributed by atoms with Gasteiger partial charge in [-0.2, -0.15) is 0 Å². The summed E-state index contributed by atoms with van der Waals surface area (Å²) in [4.78, 5) is 7.36. The lowest BCUT2D eigenvalue weighted by Gasteiger charge is -2.32. The molecule has 0 aliphatic carbocycles. The van der Waals surface area contributed by atoms with Gasteiger partial charge in [0, 0.05) is 35.8 Å². The zero-order chi connectivity index (χ0) is 18.6. The number of nitrogens with one attached hydrogen (secondary N) is 1. The molecule has 3 aromatic rings. The van der Waals surface area contributed by atoms with Crippen molar-refractivity contribution in [1.29, 1.82) is 0 Å². The topological polar surface area (TPSA) is 90.6 Å². The Labute approximate surface area is 229 Å². The number of para-hydroxylation sites is 2. The number of rotatable bonds is 6. The lowest BCUT2D eigenvalue weighted by atomic mass is 10.1. The van der Waals surface area contributed by atoms with E-state index in [4.69, 9.17) is 10.7 Å². The zero-order valence-corrected chi connectivity index (χ0v) is 24.5. The van der Waals surface area contributed by atoms with Crippen molar-refractivity contribution in [2.45, 2.75) is 25.4 Å². The number of halogens is 4. The van der Waals surface area contributed by atoms with E-state index in [2.05, 4.69) is 85.9 Å². The summed E-state index contributed by atoms with van der Waals surface area (Å²) in [6.07, 6.45) is 2.26. The Hall–Kier alpha value is -0.240. The third kappa shape index (κ3) is 7.65. The van der Waals surface area contributed by atoms with Crippen LogP contribution < -0.4 is 11.1 Å². The minimum Gasteiger partial charge on any atom is -0.412 e. The third-order valence-corrected chi connectivity index (χ3v) is 6.36. The third-order valence-electron chi connectivity index (χ3n) is 5.31. The molecule has 5 N–H and O–H groups in total. The number of hydrogen-bond donors (Lipinski definition) is 2. The van der Waals surface area contributed by atoms with Crippen LogP contribution in [-0.2, 0) is 6.54 Å². The molecule has 6 nitrogen and oxygen atoms in total. The van der Waals surface area contributed by atoms with E-state index in [9.17, 15) is 0 Å². The van der Waals surface area contributed by atoms with Gasteiger partial charge < -0.3 is 26.0 Å². The van der Waals surface area contributed by atoms with Gasteiger partial charge in [-0.3, -0.25) is 0 Å². The second-order valence-electron chi connectivity index (χ2n) is 7.15. The molecule has 2 aromatic carbocycles. The molecule has 1 aliphatic heterocycles. The molecule has 1 fully saturated rings. The summed E-state index contributed by atoms with van der Waals surface area (Å²) in [5.74, 6) is 0.980. The van der Waals surface area contributed by atoms with Crippen molar-refractivity contribution in [3.05, 3.63) is 57.7 Å². The van der Waals surface area contributed by atoms with Crippen LogP contribution in [0, 0.1) is 3.57 Å². The van der Waals surface area contributed by atoms with Crippen LogP contribution in [-0.4, -0.2) is 52.1 Å². The van der Waals surface area contributed by atoms with E-state index in [-0.39, 0.29) is 56.4 Å². The van der Waals surface area contributed by atoms with E-state index in [0.717, 1.165) is 57.0 Å². The molecule has 174 valence electrons. The molecular formula is C21H31Br3IN5O. The SMILES string of the molecule is Br.Br.Br.NCCN1CCC(Nc2nc3ccccc3n2Cc2ccccc2I)CC1.O. The molecule has 1 aliphatic rings. The number of imidazole rings is 1. The highest BCUT2D eigenvalue weighted by Crippen LogP contribution is 2.25. The van der Waals surface area contributed by atoms with E-state index in [1.165, 1.54) is 14.7 Å². The van der Waals surface area contributed by atoms with Crippen molar-refractivity contribution < 1.29 is 5.48 Å². The first-order chi connectivity index (χ1) is 13.2. The molecule has 0 spiro atoms. The predicted octanol–water partition coefficient (Wildman–Crippen LogP) is 4.43. The summed E-state index contributed by atoms with van der Waals surface area (Å²) in [5, 5.41) is 3.73. The molecule has 0 unspecified atom stereocenters. The number of hydrogen-bond acceptors (Lipinski definition) is 4. The highest BCUT2D eigenvalue weighted by molar-refractivity contribution is 14.1. The largest absolute Gasteiger partial charge is 0.412 e. The first-order valence-corrected chi connectivity index (χ1v) is 10.7. The minimum atomic E-state index is 0. The van der Waals surface area contributed by atoms with Crippen LogP contribution in [0.25, 0.3) is 11.0 Å². The Morgan fingerprint density at radius 3 is 2.32 bits per heavy atom. The normalized spacial score (nSPS) is 14.0. The van der Waals surface area contributed by atoms with Gasteiger partial charge in [0.1, 0.15) is 0 Å². The standard InChI is InChI=1S/C21H26IN5.3BrH.H2O/c22-18-6-2-1-5-16(18)15-27-20-8-4-3-7-19(20)25-21(27)24-17-9-12-26(13-10-17)14-11-23;;;;/h1-8,17H,9-15,23H2,(H,24,25);3*1H;1H2. The minimum absolute atomic E-state index is 0. The summed E-state index contributed by atoms with van der Waals surface area (Å²) >= 11 is 2.42. The molecule has 0 atom stereocenters. The van der Waals surface area contributed by atoms with E-state index in [1.807, 2.05) is 0 Å². The van der Waals surface area contributed by atoms with Gasteiger partial charge in [-0.1, -0.05) is 30.3 Å². The van der Waals surface area contributed by atoms with Gasteiger partial charge >= 0.3 is 0 Å². The van der Waals surface area contributed by atoms with Gasteiger partial charge in [0.05, 0.1) is 17.6 Å². The van der Waals surface area contributed by atoms with Crippen LogP contribution in [0.4, 0.5) is 5.95 Å². The van der Waals surface area contributed by atoms with E-state index in [0.29, 0.717) is 6.04 Å². The number of fused-ring (bicyclic) bond motifs is 1. The second-order valence-corrected chi connectivity index (χ2v) is 8.31. The highest BCUT2D eigenvalue weighted by Gasteiger charge is 2.21. The molecule has 4 rings (SSSR count). The molecule has 2 heterocycles. The van der Waals surface area contributed by atoms with Crippen LogP contribution >= 0.6 is 73.5 Å². The summed E-state index contributed by atoms with van der Waals surface area (Å²) in [6, 6.07) is 17.4. The average molecular weight is 736 g/mol. The number of piperidine rings is 1. The zero-order valence-electron chi connectivity index (χ0n) is 17.2. The number of aromatic nitrogens is 2. The average Bonchev–Trinajstić information content (AvgIpc) is 3.03. The highest BCUT2D eigenvalue weighted by atomic mass is 127. The van der Waals surface area contributed by atoms with Crippen molar-refractivity contribution in [1.82, 2.24) is 14.5 Å². The Morgan fingerprint density at radius 1 is 1.00 bits per heavy atom. The summed E-state index contributed by atoms with van der Waals surface area (Å²) in [6.45, 7) is 4.77. The Balaban J connectivity index is 0.00000225. The van der Waals surface area contributed by atoms with Crippen LogP contribution in [0.5, 0.6) is 0 Å². The maximum atomic E-state index is 5.69. The fourth-order valence-corrected chi connectivity index (χ4v) is 4.37. The number of anilines is 1. The smallest absolute Gasteiger partial charge is 0.204 e. The number of nitrogens with two attached hydrogens (primary N) is 1. The lowest BCUT2D eigenvalue weighted by Crippen LogP contribution is -2.41. The molecule has 10 heteroatoms. The molecule has 0 amide bonds. The first-order valence-electron chi connectivity index (χ1n) is 9.62. The Bertz CT molecular complexity index is 919. The van der Waals surface area contributed by atoms with Crippen molar-refractivity contribution in [2.24, 2.45) is 5.73 Å². The van der Waals surface area contributed by atoms with Gasteiger partial charge in [0.2, 0.25) is 5.95 Å². The second kappa shape index (κ2) is 14.8. The summed E-state index contributed by atoms with van der Waals surface area (Å²) < 4.78 is 3.60. The van der Waals surface area contributed by atoms with Gasteiger partial charge in [-0.25, -0.2) is 4.98 Å². The number of benzene rings is 2. The summed E-state index contributed by atoms with van der Waals surface area (Å²) in [5.41, 5.74) is 9.24. The van der Waals surface area contributed by atoms with Crippen LogP contribution in [0.2, 0.25) is 0 Å². The van der Waals surface area contributed by atoms with Gasteiger partial charge in [-0.15, -0.1) is 50.9 Å². The van der Waals surface area contributed by atoms with Gasteiger partial charge in [0.15, 0.2) is 0 Å². The first kappa shape index (κ1) is 30.8. The Kier molecular flexibility index (Phi) is 14.7. The van der Waals surface area contributed by atoms with Crippen molar-refractivity contribution in [3.63, 3.8) is 0 Å². The van der Waals surface area contributed by atoms with E-state index < -0.39 is 0 Å². The fraction of sp³-hybridized carbons (Fsp3) is 0.381. The number of likely N-dealkylation sites (tertiary alicyclic amines) is 1. The molecule has 0 saturated carbocycles. The van der Waals surface area contributed by atoms with E-state index in [1.54, 1.807) is 0 Å². The monoisotopic (exact) mass is 733 g/mol. The van der Waals surface area contributed by atoms with Crippen molar-refractivity contribution >= 4 is 90.5 Å². The molecule has 0 radical (unpaired) electrons. The lowest BCUT2D eigenvalue weighted by molar-refractivity contribution is 0.224. The van der Waals surface area contributed by atoms with Crippen molar-refractivity contribution in [3.8, 4) is 0 Å². The molecule has 1 aromatic heterocycles. The molecule has 0 bridgehead atoms. The quantitative estimate of drug-likeness (QED) is 0.367. The molecule has 1 saturated heterocycles. The maximum Gasteiger partial charge on any atom is 0.204 e. The Morgan fingerprint density at radius 2 is 1.65 bits per heavy atom. The summed E-state index contributed by atoms with van der Waals surface area (Å²) in [7, 11) is 0. The number of nitrogens with zero attached hydrogens (tertiary/aromatic N) is 3. The van der Waals surface area contributed by atoms with Gasteiger partial charge in [-0.05, 0) is 59.2 Å². The van der Waals surface area contributed by atoms with E-state index >= 15 is 0 Å². The van der Waals surface area contributed by atoms with Crippen LogP contribution in [0.3, 0.4) is 0 Å². The maximum absolute atomic E-state index is 5.69. The van der Waals surface area contributed by atoms with Crippen LogP contribution in [0.15, 0.2) is 48.5 Å². The van der Waals surface area contributed by atoms with Crippen molar-refractivity contribution in [2.75, 3.05) is 31.5 Å².